The molecule has 0 saturated carbocycles. The van der Waals surface area contributed by atoms with Gasteiger partial charge in [0.1, 0.15) is 0 Å². The molecule has 0 aliphatic rings. The number of hydrogen-bond donors (Lipinski definition) is 1. The second-order valence-corrected chi connectivity index (χ2v) is 4.10. The molecule has 0 spiro atoms. The molecule has 2 nitrogen and oxygen atoms in total. The molecule has 0 aliphatic heterocycles. The summed E-state index contributed by atoms with van der Waals surface area (Å²) in [5.41, 5.74) is 0. The SMILES string of the molecule is CC(C)C(C)CNCC(C#N)C(F)(F)F. The Hall–Kier alpha value is -0.760. The van der Waals surface area contributed by atoms with Crippen LogP contribution in [0.5, 0.6) is 0 Å². The Labute approximate surface area is 88.5 Å². The first-order valence-corrected chi connectivity index (χ1v) is 4.96. The van der Waals surface area contributed by atoms with Crippen molar-refractivity contribution in [2.24, 2.45) is 17.8 Å². The van der Waals surface area contributed by atoms with Gasteiger partial charge in [-0.2, -0.15) is 18.4 Å². The molecule has 0 bridgehead atoms. The lowest BCUT2D eigenvalue weighted by molar-refractivity contribution is -0.157. The Morgan fingerprint density at radius 2 is 1.73 bits per heavy atom. The predicted octanol–water partition coefficient (Wildman–Crippen LogP) is 2.57. The van der Waals surface area contributed by atoms with E-state index in [4.69, 9.17) is 5.26 Å². The summed E-state index contributed by atoms with van der Waals surface area (Å²) >= 11 is 0. The normalized spacial score (nSPS) is 16.1. The Balaban J connectivity index is 3.90. The van der Waals surface area contributed by atoms with Crippen LogP contribution in [0.1, 0.15) is 20.8 Å². The Kier molecular flexibility index (Phi) is 5.66. The number of alkyl halides is 3. The van der Waals surface area contributed by atoms with Gasteiger partial charge in [0.15, 0.2) is 5.92 Å². The van der Waals surface area contributed by atoms with Crippen molar-refractivity contribution in [2.45, 2.75) is 26.9 Å². The smallest absolute Gasteiger partial charge is 0.315 e. The van der Waals surface area contributed by atoms with Gasteiger partial charge in [-0.15, -0.1) is 0 Å². The molecular weight excluding hydrogens is 205 g/mol. The van der Waals surface area contributed by atoms with E-state index in [9.17, 15) is 13.2 Å². The summed E-state index contributed by atoms with van der Waals surface area (Å²) < 4.78 is 36.4. The summed E-state index contributed by atoms with van der Waals surface area (Å²) in [5.74, 6) is -1.18. The van der Waals surface area contributed by atoms with Gasteiger partial charge < -0.3 is 5.32 Å². The fourth-order valence-electron chi connectivity index (χ4n) is 0.926. The highest BCUT2D eigenvalue weighted by Crippen LogP contribution is 2.24. The minimum Gasteiger partial charge on any atom is -0.315 e. The Bertz CT molecular complexity index is 218. The van der Waals surface area contributed by atoms with Crippen molar-refractivity contribution in [3.05, 3.63) is 0 Å². The lowest BCUT2D eigenvalue weighted by Crippen LogP contribution is -2.35. The molecule has 0 radical (unpaired) electrons. The topological polar surface area (TPSA) is 35.8 Å². The van der Waals surface area contributed by atoms with Gasteiger partial charge in [-0.1, -0.05) is 20.8 Å². The largest absolute Gasteiger partial charge is 0.405 e. The second kappa shape index (κ2) is 5.96. The lowest BCUT2D eigenvalue weighted by Gasteiger charge is -2.18. The van der Waals surface area contributed by atoms with Crippen LogP contribution in [0.4, 0.5) is 13.2 Å². The lowest BCUT2D eigenvalue weighted by atomic mass is 9.98. The van der Waals surface area contributed by atoms with Crippen LogP contribution in [0.15, 0.2) is 0 Å². The third-order valence-corrected chi connectivity index (χ3v) is 2.50. The summed E-state index contributed by atoms with van der Waals surface area (Å²) in [4.78, 5) is 0. The van der Waals surface area contributed by atoms with Gasteiger partial charge in [0.2, 0.25) is 0 Å². The van der Waals surface area contributed by atoms with Crippen LogP contribution in [0.25, 0.3) is 0 Å². The van der Waals surface area contributed by atoms with E-state index in [0.29, 0.717) is 18.4 Å². The highest BCUT2D eigenvalue weighted by atomic mass is 19.4. The standard InChI is InChI=1S/C10H17F3N2/c1-7(2)8(3)5-15-6-9(4-14)10(11,12)13/h7-9,15H,5-6H2,1-3H3. The molecule has 0 amide bonds. The summed E-state index contributed by atoms with van der Waals surface area (Å²) in [5, 5.41) is 11.0. The van der Waals surface area contributed by atoms with Crippen LogP contribution in [-0.4, -0.2) is 19.3 Å². The first-order valence-electron chi connectivity index (χ1n) is 4.96. The van der Waals surface area contributed by atoms with Crippen molar-refractivity contribution in [1.29, 1.82) is 5.26 Å². The van der Waals surface area contributed by atoms with Gasteiger partial charge in [0, 0.05) is 6.54 Å². The number of hydrogen-bond acceptors (Lipinski definition) is 2. The van der Waals surface area contributed by atoms with E-state index in [1.807, 2.05) is 20.8 Å². The molecule has 0 aromatic rings. The highest BCUT2D eigenvalue weighted by molar-refractivity contribution is 4.89. The van der Waals surface area contributed by atoms with Crippen molar-refractivity contribution in [3.8, 4) is 6.07 Å². The predicted molar refractivity (Wildman–Crippen MR) is 52.0 cm³/mol. The van der Waals surface area contributed by atoms with Crippen LogP contribution in [0.3, 0.4) is 0 Å². The Morgan fingerprint density at radius 1 is 1.20 bits per heavy atom. The van der Waals surface area contributed by atoms with Gasteiger partial charge in [-0.3, -0.25) is 0 Å². The van der Waals surface area contributed by atoms with Crippen molar-refractivity contribution < 1.29 is 13.2 Å². The minimum atomic E-state index is -4.43. The molecule has 1 N–H and O–H groups in total. The first kappa shape index (κ1) is 14.2. The average molecular weight is 222 g/mol. The van der Waals surface area contributed by atoms with E-state index in [0.717, 1.165) is 0 Å². The molecule has 0 aliphatic carbocycles. The molecule has 15 heavy (non-hydrogen) atoms. The maximum atomic E-state index is 12.1. The molecule has 0 aromatic heterocycles. The van der Waals surface area contributed by atoms with Gasteiger partial charge in [0.25, 0.3) is 0 Å². The van der Waals surface area contributed by atoms with E-state index in [1.165, 1.54) is 6.07 Å². The molecule has 0 aromatic carbocycles. The summed E-state index contributed by atoms with van der Waals surface area (Å²) in [7, 11) is 0. The van der Waals surface area contributed by atoms with Crippen molar-refractivity contribution in [1.82, 2.24) is 5.32 Å². The number of nitrogens with one attached hydrogen (secondary N) is 1. The zero-order valence-electron chi connectivity index (χ0n) is 9.23. The van der Waals surface area contributed by atoms with E-state index in [-0.39, 0.29) is 6.54 Å². The third kappa shape index (κ3) is 5.63. The van der Waals surface area contributed by atoms with E-state index in [2.05, 4.69) is 5.32 Å². The zero-order valence-corrected chi connectivity index (χ0v) is 9.23. The van der Waals surface area contributed by atoms with Crippen LogP contribution < -0.4 is 5.32 Å². The number of rotatable bonds is 5. The van der Waals surface area contributed by atoms with Crippen LogP contribution >= 0.6 is 0 Å². The van der Waals surface area contributed by atoms with Gasteiger partial charge in [0.05, 0.1) is 6.07 Å². The van der Waals surface area contributed by atoms with Crippen LogP contribution in [-0.2, 0) is 0 Å². The fraction of sp³-hybridized carbons (Fsp3) is 0.900. The minimum absolute atomic E-state index is 0.303. The molecule has 0 fully saturated rings. The maximum absolute atomic E-state index is 12.1. The second-order valence-electron chi connectivity index (χ2n) is 4.10. The summed E-state index contributed by atoms with van der Waals surface area (Å²) in [6.45, 7) is 6.17. The van der Waals surface area contributed by atoms with Gasteiger partial charge in [-0.25, -0.2) is 0 Å². The van der Waals surface area contributed by atoms with Gasteiger partial charge >= 0.3 is 6.18 Å². The van der Waals surface area contributed by atoms with E-state index < -0.39 is 12.1 Å². The number of halogens is 3. The molecular formula is C10H17F3N2. The van der Waals surface area contributed by atoms with E-state index >= 15 is 0 Å². The summed E-state index contributed by atoms with van der Waals surface area (Å²) in [6, 6.07) is 1.26. The van der Waals surface area contributed by atoms with Gasteiger partial charge in [-0.05, 0) is 18.4 Å². The van der Waals surface area contributed by atoms with Crippen molar-refractivity contribution in [3.63, 3.8) is 0 Å². The molecule has 2 unspecified atom stereocenters. The number of nitriles is 1. The molecule has 5 heteroatoms. The van der Waals surface area contributed by atoms with E-state index in [1.54, 1.807) is 0 Å². The monoisotopic (exact) mass is 222 g/mol. The molecule has 0 rings (SSSR count). The third-order valence-electron chi connectivity index (χ3n) is 2.50. The molecule has 2 atom stereocenters. The number of nitrogens with zero attached hydrogens (tertiary/aromatic N) is 1. The average Bonchev–Trinajstić information content (AvgIpc) is 2.09. The van der Waals surface area contributed by atoms with Crippen LogP contribution in [0.2, 0.25) is 0 Å². The molecule has 0 saturated heterocycles. The molecule has 88 valence electrons. The first-order chi connectivity index (χ1) is 6.79. The highest BCUT2D eigenvalue weighted by Gasteiger charge is 2.39. The van der Waals surface area contributed by atoms with Crippen molar-refractivity contribution in [2.75, 3.05) is 13.1 Å². The molecule has 0 heterocycles. The maximum Gasteiger partial charge on any atom is 0.405 e. The summed E-state index contributed by atoms with van der Waals surface area (Å²) in [6.07, 6.45) is -4.43. The Morgan fingerprint density at radius 3 is 2.07 bits per heavy atom. The zero-order chi connectivity index (χ0) is 12.1. The van der Waals surface area contributed by atoms with Crippen molar-refractivity contribution >= 4 is 0 Å². The quantitative estimate of drug-likeness (QED) is 0.776. The fourth-order valence-corrected chi connectivity index (χ4v) is 0.926. The van der Waals surface area contributed by atoms with Crippen LogP contribution in [0, 0.1) is 29.1 Å².